The first-order chi connectivity index (χ1) is 16.9. The molecule has 0 radical (unpaired) electrons. The van der Waals surface area contributed by atoms with Crippen LogP contribution in [0.25, 0.3) is 10.2 Å². The molecule has 180 valence electrons. The van der Waals surface area contributed by atoms with E-state index in [0.717, 1.165) is 14.6 Å². The predicted molar refractivity (Wildman–Crippen MR) is 145 cm³/mol. The molecule has 0 aliphatic heterocycles. The van der Waals surface area contributed by atoms with Gasteiger partial charge in [-0.1, -0.05) is 58.7 Å². The number of aromatic nitrogens is 1. The van der Waals surface area contributed by atoms with Crippen molar-refractivity contribution >= 4 is 80.2 Å². The van der Waals surface area contributed by atoms with Gasteiger partial charge in [0.15, 0.2) is 15.8 Å². The first-order valence-electron chi connectivity index (χ1n) is 10.2. The molecule has 0 aliphatic rings. The summed E-state index contributed by atoms with van der Waals surface area (Å²) >= 11 is 21.4. The highest BCUT2D eigenvalue weighted by molar-refractivity contribution is 8.01. The molecule has 4 rings (SSSR count). The molecule has 1 heterocycles. The fourth-order valence-electron chi connectivity index (χ4n) is 2.99. The Balaban J connectivity index is 1.32. The lowest BCUT2D eigenvalue weighted by atomic mass is 10.2. The minimum atomic E-state index is -0.229. The van der Waals surface area contributed by atoms with Crippen LogP contribution in [0.15, 0.2) is 64.0 Å². The van der Waals surface area contributed by atoms with Crippen molar-refractivity contribution in [3.05, 3.63) is 80.8 Å². The zero-order valence-corrected chi connectivity index (χ0v) is 22.2. The zero-order valence-electron chi connectivity index (χ0n) is 18.3. The van der Waals surface area contributed by atoms with Crippen molar-refractivity contribution in [2.75, 3.05) is 12.9 Å². The van der Waals surface area contributed by atoms with Crippen LogP contribution in [0.1, 0.15) is 11.1 Å². The topological polar surface area (TPSA) is 72.8 Å². The standard InChI is InChI=1S/C24H18Cl3N3O3S2/c1-32-20-10-14(6-9-19(20)33-12-15-16(25)7-8-17(26)23(15)27)11-28-30-22(31)13-34-24-29-18-4-2-3-5-21(18)35-24/h2-11H,12-13H2,1H3,(H,30,31)/b28-11-. The number of hydrazone groups is 1. The summed E-state index contributed by atoms with van der Waals surface area (Å²) in [5, 5.41) is 5.23. The molecule has 0 bridgehead atoms. The van der Waals surface area contributed by atoms with Crippen LogP contribution in [-0.2, 0) is 11.4 Å². The lowest BCUT2D eigenvalue weighted by molar-refractivity contribution is -0.118. The minimum Gasteiger partial charge on any atom is -0.493 e. The minimum absolute atomic E-state index is 0.115. The average Bonchev–Trinajstić information content (AvgIpc) is 3.29. The van der Waals surface area contributed by atoms with Crippen LogP contribution in [-0.4, -0.2) is 30.0 Å². The lowest BCUT2D eigenvalue weighted by Crippen LogP contribution is -2.19. The van der Waals surface area contributed by atoms with E-state index >= 15 is 0 Å². The van der Waals surface area contributed by atoms with Gasteiger partial charge in [-0.2, -0.15) is 5.10 Å². The molecule has 0 saturated carbocycles. The van der Waals surface area contributed by atoms with Gasteiger partial charge in [-0.3, -0.25) is 4.79 Å². The van der Waals surface area contributed by atoms with E-state index in [-0.39, 0.29) is 18.3 Å². The Morgan fingerprint density at radius 2 is 1.91 bits per heavy atom. The third kappa shape index (κ3) is 6.59. The molecule has 1 amide bonds. The maximum Gasteiger partial charge on any atom is 0.250 e. The highest BCUT2D eigenvalue weighted by atomic mass is 35.5. The van der Waals surface area contributed by atoms with Crippen molar-refractivity contribution in [2.24, 2.45) is 5.10 Å². The number of thiazole rings is 1. The number of nitrogens with one attached hydrogen (secondary N) is 1. The maximum absolute atomic E-state index is 12.2. The number of amides is 1. The molecular formula is C24H18Cl3N3O3S2. The van der Waals surface area contributed by atoms with E-state index < -0.39 is 0 Å². The van der Waals surface area contributed by atoms with Gasteiger partial charge in [0.05, 0.1) is 39.3 Å². The average molecular weight is 567 g/mol. The van der Waals surface area contributed by atoms with Crippen molar-refractivity contribution in [1.82, 2.24) is 10.4 Å². The van der Waals surface area contributed by atoms with Crippen molar-refractivity contribution in [2.45, 2.75) is 10.9 Å². The van der Waals surface area contributed by atoms with E-state index in [1.807, 2.05) is 24.3 Å². The first-order valence-corrected chi connectivity index (χ1v) is 13.1. The molecule has 0 spiro atoms. The van der Waals surface area contributed by atoms with Crippen LogP contribution in [0.4, 0.5) is 0 Å². The highest BCUT2D eigenvalue weighted by Gasteiger charge is 2.13. The largest absolute Gasteiger partial charge is 0.493 e. The van der Waals surface area contributed by atoms with Crippen LogP contribution >= 0.6 is 57.9 Å². The quantitative estimate of drug-likeness (QED) is 0.101. The number of hydrogen-bond donors (Lipinski definition) is 1. The van der Waals surface area contributed by atoms with Crippen molar-refractivity contribution in [1.29, 1.82) is 0 Å². The van der Waals surface area contributed by atoms with Gasteiger partial charge in [-0.25, -0.2) is 10.4 Å². The van der Waals surface area contributed by atoms with E-state index in [2.05, 4.69) is 15.5 Å². The number of methoxy groups -OCH3 is 1. The van der Waals surface area contributed by atoms with Crippen LogP contribution in [0, 0.1) is 0 Å². The summed E-state index contributed by atoms with van der Waals surface area (Å²) in [6, 6.07) is 16.4. The number of nitrogens with zero attached hydrogens (tertiary/aromatic N) is 2. The van der Waals surface area contributed by atoms with Crippen LogP contribution in [0.2, 0.25) is 15.1 Å². The summed E-state index contributed by atoms with van der Waals surface area (Å²) < 4.78 is 13.2. The number of benzene rings is 3. The molecule has 1 N–H and O–H groups in total. The molecule has 1 aromatic heterocycles. The fraction of sp³-hybridized carbons (Fsp3) is 0.125. The molecule has 0 saturated heterocycles. The molecule has 4 aromatic rings. The second kappa shape index (κ2) is 12.0. The second-order valence-electron chi connectivity index (χ2n) is 7.05. The lowest BCUT2D eigenvalue weighted by Gasteiger charge is -2.13. The molecule has 0 unspecified atom stereocenters. The molecule has 6 nitrogen and oxygen atoms in total. The predicted octanol–water partition coefficient (Wildman–Crippen LogP) is 7.09. The van der Waals surface area contributed by atoms with Gasteiger partial charge in [0, 0.05) is 10.6 Å². The van der Waals surface area contributed by atoms with Crippen molar-refractivity contribution in [3.8, 4) is 11.5 Å². The molecule has 3 aromatic carbocycles. The highest BCUT2D eigenvalue weighted by Crippen LogP contribution is 2.34. The Bertz CT molecular complexity index is 1360. The van der Waals surface area contributed by atoms with Crippen LogP contribution in [0.5, 0.6) is 11.5 Å². The van der Waals surface area contributed by atoms with Crippen LogP contribution in [0.3, 0.4) is 0 Å². The normalized spacial score (nSPS) is 11.2. The van der Waals surface area contributed by atoms with Gasteiger partial charge < -0.3 is 9.47 Å². The maximum atomic E-state index is 12.2. The Kier molecular flexibility index (Phi) is 8.75. The molecule has 11 heteroatoms. The van der Waals surface area contributed by atoms with Crippen LogP contribution < -0.4 is 14.9 Å². The van der Waals surface area contributed by atoms with Gasteiger partial charge >= 0.3 is 0 Å². The number of carbonyl (C=O) groups excluding carboxylic acids is 1. The van der Waals surface area contributed by atoms with Gasteiger partial charge in [-0.05, 0) is 48.0 Å². The second-order valence-corrected chi connectivity index (χ2v) is 10.5. The van der Waals surface area contributed by atoms with Crippen molar-refractivity contribution < 1.29 is 14.3 Å². The number of ether oxygens (including phenoxy) is 2. The number of halogens is 3. The molecule has 35 heavy (non-hydrogen) atoms. The van der Waals surface area contributed by atoms with E-state index in [4.69, 9.17) is 44.3 Å². The molecule has 0 aliphatic carbocycles. The molecular weight excluding hydrogens is 549 g/mol. The SMILES string of the molecule is COc1cc(/C=N\NC(=O)CSc2nc3ccccc3s2)ccc1OCc1c(Cl)ccc(Cl)c1Cl. The smallest absolute Gasteiger partial charge is 0.250 e. The molecule has 0 atom stereocenters. The van der Waals surface area contributed by atoms with E-state index in [1.165, 1.54) is 25.1 Å². The Morgan fingerprint density at radius 1 is 1.11 bits per heavy atom. The van der Waals surface area contributed by atoms with E-state index in [1.54, 1.807) is 41.7 Å². The number of hydrogen-bond acceptors (Lipinski definition) is 7. The number of thioether (sulfide) groups is 1. The summed E-state index contributed by atoms with van der Waals surface area (Å²) in [5.74, 6) is 0.962. The number of fused-ring (bicyclic) bond motifs is 1. The number of carbonyl (C=O) groups is 1. The Hall–Kier alpha value is -2.49. The van der Waals surface area contributed by atoms with E-state index in [0.29, 0.717) is 37.7 Å². The summed E-state index contributed by atoms with van der Waals surface area (Å²) in [4.78, 5) is 16.7. The van der Waals surface area contributed by atoms with Gasteiger partial charge in [-0.15, -0.1) is 11.3 Å². The van der Waals surface area contributed by atoms with E-state index in [9.17, 15) is 4.79 Å². The van der Waals surface area contributed by atoms with Crippen molar-refractivity contribution in [3.63, 3.8) is 0 Å². The fourth-order valence-corrected chi connectivity index (χ4v) is 5.50. The summed E-state index contributed by atoms with van der Waals surface area (Å²) in [6.45, 7) is 0.115. The Labute approximate surface area is 225 Å². The van der Waals surface area contributed by atoms with Gasteiger partial charge in [0.25, 0.3) is 5.91 Å². The zero-order chi connectivity index (χ0) is 24.8. The first kappa shape index (κ1) is 25.6. The van der Waals surface area contributed by atoms with Gasteiger partial charge in [0.1, 0.15) is 6.61 Å². The summed E-state index contributed by atoms with van der Waals surface area (Å²) in [6.07, 6.45) is 1.53. The third-order valence-electron chi connectivity index (χ3n) is 4.70. The monoisotopic (exact) mass is 565 g/mol. The summed E-state index contributed by atoms with van der Waals surface area (Å²) in [5.41, 5.74) is 4.75. The van der Waals surface area contributed by atoms with Gasteiger partial charge in [0.2, 0.25) is 0 Å². The molecule has 0 fully saturated rings. The number of para-hydroxylation sites is 1. The number of rotatable bonds is 9. The summed E-state index contributed by atoms with van der Waals surface area (Å²) in [7, 11) is 1.53. The Morgan fingerprint density at radius 3 is 2.71 bits per heavy atom. The third-order valence-corrected chi connectivity index (χ3v) is 8.08.